The van der Waals surface area contributed by atoms with Gasteiger partial charge in [0.25, 0.3) is 15.9 Å². The lowest BCUT2D eigenvalue weighted by atomic mass is 9.97. The number of hydrogen-bond acceptors (Lipinski definition) is 8. The molecule has 0 aliphatic carbocycles. The topological polar surface area (TPSA) is 111 Å². The van der Waals surface area contributed by atoms with Crippen LogP contribution in [0, 0.1) is 11.8 Å². The zero-order valence-electron chi connectivity index (χ0n) is 21.8. The van der Waals surface area contributed by atoms with E-state index in [-0.39, 0.29) is 27.9 Å². The van der Waals surface area contributed by atoms with Crippen LogP contribution < -0.4 is 19.1 Å². The molecule has 3 aromatic rings. The fraction of sp³-hybridized carbons (Fsp3) is 0.393. The van der Waals surface area contributed by atoms with Gasteiger partial charge < -0.3 is 14.4 Å². The van der Waals surface area contributed by atoms with Gasteiger partial charge >= 0.3 is 0 Å². The van der Waals surface area contributed by atoms with E-state index in [1.807, 2.05) is 24.3 Å². The highest BCUT2D eigenvalue weighted by Crippen LogP contribution is 2.37. The fourth-order valence-electron chi connectivity index (χ4n) is 5.31. The number of carbonyl (C=O) groups excluding carboxylic acids is 1. The lowest BCUT2D eigenvalue weighted by molar-refractivity contribution is 0.0981. The van der Waals surface area contributed by atoms with Gasteiger partial charge in [0.05, 0.1) is 18.8 Å². The van der Waals surface area contributed by atoms with Crippen molar-refractivity contribution in [2.45, 2.75) is 44.2 Å². The standard InChI is InChI=1S/C28H32N4O5S/c1-19-15-28(2,3)32(16-19)26-22(9-7-13-29-26)27(33)31-38(34,35)25-12-6-11-24(30-25)37-18-20-14-21-8-4-5-10-23(21)36-17-20/h4-13,19-20H,14-18H2,1-3H3,(H,31,33). The molecule has 1 aromatic carbocycles. The molecule has 2 aromatic heterocycles. The van der Waals surface area contributed by atoms with Crippen LogP contribution in [0.25, 0.3) is 0 Å². The third-order valence-electron chi connectivity index (χ3n) is 6.98. The van der Waals surface area contributed by atoms with Gasteiger partial charge in [0, 0.05) is 30.3 Å². The first-order valence-corrected chi connectivity index (χ1v) is 14.2. The molecule has 200 valence electrons. The highest BCUT2D eigenvalue weighted by Gasteiger charge is 2.39. The van der Waals surface area contributed by atoms with Crippen LogP contribution in [0.3, 0.4) is 0 Å². The lowest BCUT2D eigenvalue weighted by Crippen LogP contribution is -2.41. The average molecular weight is 537 g/mol. The van der Waals surface area contributed by atoms with Crippen LogP contribution in [0.2, 0.25) is 0 Å². The molecule has 1 N–H and O–H groups in total. The molecule has 0 saturated carbocycles. The van der Waals surface area contributed by atoms with Crippen molar-refractivity contribution in [3.8, 4) is 11.6 Å². The van der Waals surface area contributed by atoms with Gasteiger partial charge in [0.2, 0.25) is 5.88 Å². The highest BCUT2D eigenvalue weighted by molar-refractivity contribution is 7.90. The molecule has 2 unspecified atom stereocenters. The van der Waals surface area contributed by atoms with Gasteiger partial charge in [0.1, 0.15) is 11.6 Å². The molecule has 2 atom stereocenters. The van der Waals surface area contributed by atoms with E-state index >= 15 is 0 Å². The predicted molar refractivity (Wildman–Crippen MR) is 143 cm³/mol. The predicted octanol–water partition coefficient (Wildman–Crippen LogP) is 3.85. The number of carbonyl (C=O) groups is 1. The Bertz CT molecular complexity index is 1440. The zero-order chi connectivity index (χ0) is 26.9. The Hall–Kier alpha value is -3.66. The summed E-state index contributed by atoms with van der Waals surface area (Å²) in [5.41, 5.74) is 1.10. The number of ether oxygens (including phenoxy) is 2. The molecular weight excluding hydrogens is 504 g/mol. The van der Waals surface area contributed by atoms with Crippen LogP contribution in [0.15, 0.2) is 65.8 Å². The van der Waals surface area contributed by atoms with Crippen molar-refractivity contribution in [1.82, 2.24) is 14.7 Å². The van der Waals surface area contributed by atoms with E-state index in [0.29, 0.717) is 24.9 Å². The summed E-state index contributed by atoms with van der Waals surface area (Å²) < 4.78 is 40.0. The van der Waals surface area contributed by atoms with E-state index in [2.05, 4.69) is 40.4 Å². The smallest absolute Gasteiger partial charge is 0.281 e. The van der Waals surface area contributed by atoms with Gasteiger partial charge in [0.15, 0.2) is 5.03 Å². The number of rotatable bonds is 7. The number of benzene rings is 1. The van der Waals surface area contributed by atoms with Crippen molar-refractivity contribution in [3.05, 3.63) is 71.9 Å². The van der Waals surface area contributed by atoms with Crippen molar-refractivity contribution < 1.29 is 22.7 Å². The van der Waals surface area contributed by atoms with Crippen LogP contribution in [0.5, 0.6) is 11.6 Å². The number of aromatic nitrogens is 2. The maximum absolute atomic E-state index is 13.2. The number of amides is 1. The van der Waals surface area contributed by atoms with Crippen molar-refractivity contribution in [2.24, 2.45) is 11.8 Å². The van der Waals surface area contributed by atoms with Gasteiger partial charge in [-0.3, -0.25) is 4.79 Å². The quantitative estimate of drug-likeness (QED) is 0.485. The van der Waals surface area contributed by atoms with Gasteiger partial charge in [-0.25, -0.2) is 9.71 Å². The number of nitrogens with zero attached hydrogens (tertiary/aromatic N) is 3. The number of pyridine rings is 2. The summed E-state index contributed by atoms with van der Waals surface area (Å²) in [5, 5.41) is -0.297. The van der Waals surface area contributed by atoms with Crippen LogP contribution in [0.4, 0.5) is 5.82 Å². The van der Waals surface area contributed by atoms with Crippen LogP contribution in [-0.2, 0) is 16.4 Å². The van der Waals surface area contributed by atoms with Crippen molar-refractivity contribution >= 4 is 21.7 Å². The minimum Gasteiger partial charge on any atom is -0.493 e. The fourth-order valence-corrected chi connectivity index (χ4v) is 6.23. The van der Waals surface area contributed by atoms with Crippen molar-refractivity contribution in [3.63, 3.8) is 0 Å². The molecule has 0 bridgehead atoms. The van der Waals surface area contributed by atoms with Crippen molar-refractivity contribution in [1.29, 1.82) is 0 Å². The molecule has 0 radical (unpaired) electrons. The van der Waals surface area contributed by atoms with Crippen molar-refractivity contribution in [2.75, 3.05) is 24.7 Å². The largest absolute Gasteiger partial charge is 0.493 e. The molecule has 1 fully saturated rings. The Labute approximate surface area is 223 Å². The van der Waals surface area contributed by atoms with Gasteiger partial charge in [-0.1, -0.05) is 31.2 Å². The Morgan fingerprint density at radius 2 is 1.97 bits per heavy atom. The van der Waals surface area contributed by atoms with Crippen LogP contribution in [0.1, 0.15) is 43.1 Å². The van der Waals surface area contributed by atoms with E-state index < -0.39 is 15.9 Å². The molecule has 1 saturated heterocycles. The molecule has 38 heavy (non-hydrogen) atoms. The number of fused-ring (bicyclic) bond motifs is 1. The second-order valence-electron chi connectivity index (χ2n) is 10.7. The number of anilines is 1. The normalized spacial score (nSPS) is 20.3. The van der Waals surface area contributed by atoms with Gasteiger partial charge in [-0.2, -0.15) is 13.4 Å². The first-order valence-electron chi connectivity index (χ1n) is 12.7. The van der Waals surface area contributed by atoms with E-state index in [1.54, 1.807) is 24.4 Å². The molecular formula is C28H32N4O5S. The second kappa shape index (κ2) is 10.2. The number of nitrogens with one attached hydrogen (secondary N) is 1. The highest BCUT2D eigenvalue weighted by atomic mass is 32.2. The SMILES string of the molecule is CC1CN(c2ncccc2C(=O)NS(=O)(=O)c2cccc(OCC3COc4ccccc4C3)n2)C(C)(C)C1. The van der Waals surface area contributed by atoms with Crippen LogP contribution >= 0.6 is 0 Å². The van der Waals surface area contributed by atoms with Gasteiger partial charge in [-0.15, -0.1) is 0 Å². The lowest BCUT2D eigenvalue weighted by Gasteiger charge is -2.33. The molecule has 4 heterocycles. The third-order valence-corrected chi connectivity index (χ3v) is 8.22. The number of hydrogen-bond donors (Lipinski definition) is 1. The Balaban J connectivity index is 1.28. The monoisotopic (exact) mass is 536 g/mol. The molecule has 9 nitrogen and oxygen atoms in total. The zero-order valence-corrected chi connectivity index (χ0v) is 22.6. The summed E-state index contributed by atoms with van der Waals surface area (Å²) >= 11 is 0. The molecule has 10 heteroatoms. The molecule has 5 rings (SSSR count). The van der Waals surface area contributed by atoms with Crippen LogP contribution in [-0.4, -0.2) is 49.6 Å². The molecule has 2 aliphatic heterocycles. The van der Waals surface area contributed by atoms with E-state index in [9.17, 15) is 13.2 Å². The summed E-state index contributed by atoms with van der Waals surface area (Å²) in [6.07, 6.45) is 3.35. The molecule has 2 aliphatic rings. The minimum atomic E-state index is -4.25. The summed E-state index contributed by atoms with van der Waals surface area (Å²) in [6.45, 7) is 7.89. The number of para-hydroxylation sites is 1. The summed E-state index contributed by atoms with van der Waals surface area (Å²) in [6, 6.07) is 15.5. The number of sulfonamides is 1. The maximum atomic E-state index is 13.2. The Morgan fingerprint density at radius 3 is 2.76 bits per heavy atom. The summed E-state index contributed by atoms with van der Waals surface area (Å²) in [7, 11) is -4.25. The Morgan fingerprint density at radius 1 is 1.16 bits per heavy atom. The van der Waals surface area contributed by atoms with E-state index in [1.165, 1.54) is 12.1 Å². The average Bonchev–Trinajstić information content (AvgIpc) is 3.18. The maximum Gasteiger partial charge on any atom is 0.281 e. The Kier molecular flexibility index (Phi) is 7.00. The molecule has 1 amide bonds. The van der Waals surface area contributed by atoms with E-state index in [0.717, 1.165) is 30.7 Å². The van der Waals surface area contributed by atoms with Gasteiger partial charge in [-0.05, 0) is 62.4 Å². The third kappa shape index (κ3) is 5.45. The first kappa shape index (κ1) is 26.0. The summed E-state index contributed by atoms with van der Waals surface area (Å²) in [4.78, 5) is 23.9. The molecule has 0 spiro atoms. The second-order valence-corrected chi connectivity index (χ2v) is 12.3. The minimum absolute atomic E-state index is 0.105. The summed E-state index contributed by atoms with van der Waals surface area (Å²) in [5.74, 6) is 1.28. The van der Waals surface area contributed by atoms with E-state index in [4.69, 9.17) is 9.47 Å². The first-order chi connectivity index (χ1) is 18.1.